The lowest BCUT2D eigenvalue weighted by molar-refractivity contribution is 0.981. The molecule has 0 fully saturated rings. The van der Waals surface area contributed by atoms with Gasteiger partial charge in [0.25, 0.3) is 5.56 Å². The van der Waals surface area contributed by atoms with Crippen LogP contribution < -0.4 is 5.56 Å². The lowest BCUT2D eigenvalue weighted by atomic mass is 10.7. The van der Waals surface area contributed by atoms with Crippen LogP contribution in [0.5, 0.6) is 0 Å². The second kappa shape index (κ2) is 1.95. The third-order valence-electron chi connectivity index (χ3n) is 0.788. The van der Waals surface area contributed by atoms with Crippen LogP contribution in [0.1, 0.15) is 0 Å². The summed E-state index contributed by atoms with van der Waals surface area (Å²) in [7, 11) is 1.72. The summed E-state index contributed by atoms with van der Waals surface area (Å²) in [4.78, 5) is 10.6. The number of hydrogen-bond acceptors (Lipinski definition) is 3. The van der Waals surface area contributed by atoms with Gasteiger partial charge >= 0.3 is 0 Å². The zero-order chi connectivity index (χ0) is 6.15. The lowest BCUT2D eigenvalue weighted by Gasteiger charge is -1.77. The monoisotopic (exact) mass is 147 g/mol. The summed E-state index contributed by atoms with van der Waals surface area (Å²) in [5.41, 5.74) is 0.0139. The van der Waals surface area contributed by atoms with Gasteiger partial charge in [-0.25, -0.2) is 0 Å². The predicted molar refractivity (Wildman–Crippen MR) is 36.8 cm³/mol. The number of thiol groups is 1. The average molecular weight is 147 g/mol. The smallest absolute Gasteiger partial charge is 0.261 e. The Morgan fingerprint density at radius 2 is 2.50 bits per heavy atom. The SMILES string of the molecule is Cn1sc(S)cc1=O. The van der Waals surface area contributed by atoms with Gasteiger partial charge in [0.15, 0.2) is 0 Å². The van der Waals surface area contributed by atoms with Gasteiger partial charge in [0.05, 0.1) is 4.21 Å². The van der Waals surface area contributed by atoms with Gasteiger partial charge in [0.1, 0.15) is 0 Å². The fourth-order valence-corrected chi connectivity index (χ4v) is 1.46. The first-order valence-corrected chi connectivity index (χ1v) is 3.28. The summed E-state index contributed by atoms with van der Waals surface area (Å²) in [5.74, 6) is 0. The number of rotatable bonds is 0. The van der Waals surface area contributed by atoms with Crippen molar-refractivity contribution in [3.63, 3.8) is 0 Å². The maximum absolute atomic E-state index is 10.6. The molecule has 0 saturated heterocycles. The van der Waals surface area contributed by atoms with Crippen molar-refractivity contribution in [3.8, 4) is 0 Å². The molecule has 1 aromatic rings. The van der Waals surface area contributed by atoms with Crippen LogP contribution in [0.15, 0.2) is 15.1 Å². The number of aromatic nitrogens is 1. The highest BCUT2D eigenvalue weighted by molar-refractivity contribution is 7.82. The summed E-state index contributed by atoms with van der Waals surface area (Å²) < 4.78 is 2.29. The topological polar surface area (TPSA) is 22.0 Å². The van der Waals surface area contributed by atoms with Crippen molar-refractivity contribution in [1.82, 2.24) is 3.96 Å². The van der Waals surface area contributed by atoms with Crippen molar-refractivity contribution < 1.29 is 0 Å². The fourth-order valence-electron chi connectivity index (χ4n) is 0.408. The lowest BCUT2D eigenvalue weighted by Crippen LogP contribution is -2.05. The predicted octanol–water partition coefficient (Wildman–Crippen LogP) is 0.736. The van der Waals surface area contributed by atoms with Gasteiger partial charge < -0.3 is 0 Å². The minimum Gasteiger partial charge on any atom is -0.268 e. The number of hydrogen-bond donors (Lipinski definition) is 1. The molecule has 8 heavy (non-hydrogen) atoms. The molecule has 2 nitrogen and oxygen atoms in total. The molecule has 4 heteroatoms. The van der Waals surface area contributed by atoms with E-state index in [1.807, 2.05) is 0 Å². The molecule has 0 atom stereocenters. The highest BCUT2D eigenvalue weighted by Crippen LogP contribution is 2.06. The first kappa shape index (κ1) is 5.91. The molecular formula is C4H5NOS2. The van der Waals surface area contributed by atoms with Gasteiger partial charge in [-0.05, 0) is 0 Å². The molecule has 0 N–H and O–H groups in total. The molecule has 0 aliphatic heterocycles. The van der Waals surface area contributed by atoms with Gasteiger partial charge in [-0.3, -0.25) is 8.75 Å². The van der Waals surface area contributed by atoms with Crippen LogP contribution in [0.2, 0.25) is 0 Å². The Bertz CT molecular complexity index is 236. The van der Waals surface area contributed by atoms with Crippen LogP contribution >= 0.6 is 24.2 Å². The second-order valence-corrected chi connectivity index (χ2v) is 3.36. The van der Waals surface area contributed by atoms with E-state index in [0.717, 1.165) is 4.21 Å². The van der Waals surface area contributed by atoms with E-state index in [-0.39, 0.29) is 5.56 Å². The standard InChI is InChI=1S/C4H5NOS2/c1-5-3(6)2-4(7)8-5/h2,7H,1H3. The van der Waals surface area contributed by atoms with E-state index in [1.54, 1.807) is 7.05 Å². The molecule has 0 aromatic carbocycles. The zero-order valence-electron chi connectivity index (χ0n) is 4.29. The summed E-state index contributed by atoms with van der Waals surface area (Å²) in [5, 5.41) is 0. The molecule has 0 unspecified atom stereocenters. The molecule has 0 amide bonds. The van der Waals surface area contributed by atoms with Crippen LogP contribution in [0.4, 0.5) is 0 Å². The minimum absolute atomic E-state index is 0.0139. The molecule has 0 radical (unpaired) electrons. The number of nitrogens with zero attached hydrogens (tertiary/aromatic N) is 1. The van der Waals surface area contributed by atoms with Crippen LogP contribution in [-0.2, 0) is 7.05 Å². The minimum atomic E-state index is 0.0139. The second-order valence-electron chi connectivity index (χ2n) is 1.41. The van der Waals surface area contributed by atoms with E-state index < -0.39 is 0 Å². The van der Waals surface area contributed by atoms with Gasteiger partial charge in [0, 0.05) is 13.1 Å². The Morgan fingerprint density at radius 1 is 1.88 bits per heavy atom. The molecule has 1 aromatic heterocycles. The van der Waals surface area contributed by atoms with Crippen molar-refractivity contribution in [1.29, 1.82) is 0 Å². The molecule has 1 rings (SSSR count). The maximum Gasteiger partial charge on any atom is 0.261 e. The molecule has 0 spiro atoms. The summed E-state index contributed by atoms with van der Waals surface area (Å²) in [6.45, 7) is 0. The third kappa shape index (κ3) is 0.952. The van der Waals surface area contributed by atoms with E-state index in [0.29, 0.717) is 0 Å². The quantitative estimate of drug-likeness (QED) is 0.537. The first-order chi connectivity index (χ1) is 3.70. The highest BCUT2D eigenvalue weighted by Gasteiger charge is 1.92. The molecular weight excluding hydrogens is 142 g/mol. The van der Waals surface area contributed by atoms with Crippen molar-refractivity contribution in [3.05, 3.63) is 16.4 Å². The van der Waals surface area contributed by atoms with E-state index >= 15 is 0 Å². The van der Waals surface area contributed by atoms with E-state index in [1.165, 1.54) is 21.6 Å². The van der Waals surface area contributed by atoms with E-state index in [2.05, 4.69) is 12.6 Å². The molecule has 0 aliphatic rings. The highest BCUT2D eigenvalue weighted by atomic mass is 32.2. The van der Waals surface area contributed by atoms with Crippen molar-refractivity contribution >= 4 is 24.2 Å². The molecule has 0 aliphatic carbocycles. The fraction of sp³-hybridized carbons (Fsp3) is 0.250. The van der Waals surface area contributed by atoms with Crippen LogP contribution in [0, 0.1) is 0 Å². The van der Waals surface area contributed by atoms with Crippen LogP contribution in [-0.4, -0.2) is 3.96 Å². The largest absolute Gasteiger partial charge is 0.268 e. The Morgan fingerprint density at radius 3 is 2.62 bits per heavy atom. The Labute approximate surface area is 56.3 Å². The Hall–Kier alpha value is -0.220. The maximum atomic E-state index is 10.6. The summed E-state index contributed by atoms with van der Waals surface area (Å²) >= 11 is 5.31. The summed E-state index contributed by atoms with van der Waals surface area (Å²) in [6.07, 6.45) is 0. The molecule has 0 saturated carbocycles. The van der Waals surface area contributed by atoms with Gasteiger partial charge in [-0.15, -0.1) is 12.6 Å². The van der Waals surface area contributed by atoms with E-state index in [4.69, 9.17) is 0 Å². The van der Waals surface area contributed by atoms with Crippen molar-refractivity contribution in [2.24, 2.45) is 7.05 Å². The Balaban J connectivity index is 3.35. The van der Waals surface area contributed by atoms with Crippen molar-refractivity contribution in [2.75, 3.05) is 0 Å². The van der Waals surface area contributed by atoms with Gasteiger partial charge in [-0.1, -0.05) is 11.5 Å². The average Bonchev–Trinajstić information content (AvgIpc) is 1.85. The molecule has 1 heterocycles. The van der Waals surface area contributed by atoms with E-state index in [9.17, 15) is 4.79 Å². The van der Waals surface area contributed by atoms with Gasteiger partial charge in [-0.2, -0.15) is 0 Å². The first-order valence-electron chi connectivity index (χ1n) is 2.06. The van der Waals surface area contributed by atoms with Crippen LogP contribution in [0.25, 0.3) is 0 Å². The Kier molecular flexibility index (Phi) is 1.44. The van der Waals surface area contributed by atoms with Crippen LogP contribution in [0.3, 0.4) is 0 Å². The zero-order valence-corrected chi connectivity index (χ0v) is 6.00. The molecule has 0 bridgehead atoms. The normalized spacial score (nSPS) is 9.75. The third-order valence-corrected chi connectivity index (χ3v) is 1.92. The number of aryl methyl sites for hydroxylation is 1. The summed E-state index contributed by atoms with van der Waals surface area (Å²) in [6, 6.07) is 1.49. The van der Waals surface area contributed by atoms with Crippen molar-refractivity contribution in [2.45, 2.75) is 4.21 Å². The van der Waals surface area contributed by atoms with Gasteiger partial charge in [0.2, 0.25) is 0 Å². The molecule has 44 valence electrons.